The zero-order valence-electron chi connectivity index (χ0n) is 13.7. The van der Waals surface area contributed by atoms with Crippen LogP contribution < -0.4 is 14.4 Å². The van der Waals surface area contributed by atoms with Gasteiger partial charge in [-0.1, -0.05) is 0 Å². The molecule has 2 aliphatic rings. The first-order chi connectivity index (χ1) is 12.0. The third-order valence-electron chi connectivity index (χ3n) is 4.10. The Labute approximate surface area is 152 Å². The van der Waals surface area contributed by atoms with Gasteiger partial charge in [-0.15, -0.1) is 0 Å². The Kier molecular flexibility index (Phi) is 5.00. The molecular formula is C15H17BrN2O7. The highest BCUT2D eigenvalue weighted by atomic mass is 79.9. The second kappa shape index (κ2) is 7.04. The van der Waals surface area contributed by atoms with Gasteiger partial charge in [0, 0.05) is 13.5 Å². The van der Waals surface area contributed by atoms with Gasteiger partial charge in [0.1, 0.15) is 12.7 Å². The number of anilines is 1. The summed E-state index contributed by atoms with van der Waals surface area (Å²) in [6.07, 6.45) is 0.463. The van der Waals surface area contributed by atoms with E-state index in [4.69, 9.17) is 18.9 Å². The zero-order chi connectivity index (χ0) is 18.1. The molecule has 1 aromatic carbocycles. The number of hydrogen-bond donors (Lipinski definition) is 0. The van der Waals surface area contributed by atoms with E-state index in [-0.39, 0.29) is 39.0 Å². The summed E-state index contributed by atoms with van der Waals surface area (Å²) in [4.78, 5) is 25.0. The molecule has 2 heterocycles. The third kappa shape index (κ3) is 3.11. The van der Waals surface area contributed by atoms with Crippen LogP contribution in [-0.2, 0) is 9.47 Å². The smallest absolute Gasteiger partial charge is 0.346 e. The van der Waals surface area contributed by atoms with E-state index in [2.05, 4.69) is 15.9 Å². The molecule has 0 radical (unpaired) electrons. The van der Waals surface area contributed by atoms with Crippen LogP contribution in [0.1, 0.15) is 16.8 Å². The standard InChI is InChI=1S/C15H17BrN2O7/c1-17-4-6-24-14-12(17)11(18(20)21)9(15(19)22-2)10(16)13(14)25-8-3-5-23-7-8/h8H,3-7H2,1-2H3/t8-/m1/s1. The van der Waals surface area contributed by atoms with E-state index < -0.39 is 10.9 Å². The first-order valence-electron chi connectivity index (χ1n) is 7.66. The van der Waals surface area contributed by atoms with Crippen LogP contribution in [0, 0.1) is 10.1 Å². The number of fused-ring (bicyclic) bond motifs is 1. The summed E-state index contributed by atoms with van der Waals surface area (Å²) in [5, 5.41) is 11.7. The Balaban J connectivity index is 2.25. The monoisotopic (exact) mass is 416 g/mol. The average Bonchev–Trinajstić information content (AvgIpc) is 3.09. The summed E-state index contributed by atoms with van der Waals surface area (Å²) in [6.45, 7) is 1.77. The summed E-state index contributed by atoms with van der Waals surface area (Å²) in [7, 11) is 2.87. The number of likely N-dealkylation sites (N-methyl/N-ethyl adjacent to an activating group) is 1. The Morgan fingerprint density at radius 3 is 2.80 bits per heavy atom. The molecule has 2 aliphatic heterocycles. The van der Waals surface area contributed by atoms with Crippen LogP contribution in [0.15, 0.2) is 4.47 Å². The van der Waals surface area contributed by atoms with Crippen molar-refractivity contribution in [3.05, 3.63) is 20.2 Å². The molecular weight excluding hydrogens is 400 g/mol. The van der Waals surface area contributed by atoms with E-state index in [1.165, 1.54) is 7.11 Å². The molecule has 0 bridgehead atoms. The average molecular weight is 417 g/mol. The number of nitro benzene ring substituents is 1. The van der Waals surface area contributed by atoms with E-state index in [9.17, 15) is 14.9 Å². The van der Waals surface area contributed by atoms with Gasteiger partial charge in [0.2, 0.25) is 0 Å². The van der Waals surface area contributed by atoms with Crippen molar-refractivity contribution in [2.24, 2.45) is 0 Å². The quantitative estimate of drug-likeness (QED) is 0.418. The number of ether oxygens (including phenoxy) is 4. The molecule has 10 heteroatoms. The molecule has 3 rings (SSSR count). The highest BCUT2D eigenvalue weighted by Crippen LogP contribution is 2.53. The van der Waals surface area contributed by atoms with Crippen LogP contribution in [0.4, 0.5) is 11.4 Å². The summed E-state index contributed by atoms with van der Waals surface area (Å²) in [5.74, 6) is -0.331. The molecule has 25 heavy (non-hydrogen) atoms. The van der Waals surface area contributed by atoms with Gasteiger partial charge in [-0.3, -0.25) is 10.1 Å². The minimum atomic E-state index is -0.826. The summed E-state index contributed by atoms with van der Waals surface area (Å²) in [6, 6.07) is 0. The van der Waals surface area contributed by atoms with Crippen LogP contribution >= 0.6 is 15.9 Å². The first-order valence-corrected chi connectivity index (χ1v) is 8.45. The lowest BCUT2D eigenvalue weighted by Gasteiger charge is -2.30. The van der Waals surface area contributed by atoms with Gasteiger partial charge >= 0.3 is 11.7 Å². The molecule has 136 valence electrons. The van der Waals surface area contributed by atoms with Crippen molar-refractivity contribution in [1.82, 2.24) is 0 Å². The number of hydrogen-bond acceptors (Lipinski definition) is 8. The van der Waals surface area contributed by atoms with E-state index in [0.29, 0.717) is 32.8 Å². The number of halogens is 1. The number of nitro groups is 1. The third-order valence-corrected chi connectivity index (χ3v) is 4.86. The largest absolute Gasteiger partial charge is 0.486 e. The molecule has 0 aromatic heterocycles. The molecule has 0 unspecified atom stereocenters. The predicted octanol–water partition coefficient (Wildman–Crippen LogP) is 2.14. The molecule has 0 amide bonds. The predicted molar refractivity (Wildman–Crippen MR) is 90.8 cm³/mol. The van der Waals surface area contributed by atoms with E-state index in [0.717, 1.165) is 0 Å². The molecule has 0 saturated carbocycles. The van der Waals surface area contributed by atoms with Gasteiger partial charge in [0.05, 0.1) is 36.3 Å². The fraction of sp³-hybridized carbons (Fsp3) is 0.533. The van der Waals surface area contributed by atoms with Crippen molar-refractivity contribution in [2.75, 3.05) is 45.4 Å². The van der Waals surface area contributed by atoms with Crippen LogP contribution in [0.2, 0.25) is 0 Å². The highest BCUT2D eigenvalue weighted by Gasteiger charge is 2.40. The van der Waals surface area contributed by atoms with E-state index in [1.807, 2.05) is 0 Å². The van der Waals surface area contributed by atoms with Crippen molar-refractivity contribution in [3.8, 4) is 11.5 Å². The lowest BCUT2D eigenvalue weighted by Crippen LogP contribution is -2.31. The summed E-state index contributed by atoms with van der Waals surface area (Å²) >= 11 is 3.28. The second-order valence-electron chi connectivity index (χ2n) is 5.67. The minimum Gasteiger partial charge on any atom is -0.486 e. The SMILES string of the molecule is COC(=O)c1c(Br)c(O[C@@H]2CCOC2)c2c(c1[N+](=O)[O-])N(C)CCO2. The fourth-order valence-corrected chi connectivity index (χ4v) is 3.50. The minimum absolute atomic E-state index is 0.145. The maximum absolute atomic E-state index is 12.2. The number of carbonyl (C=O) groups is 1. The number of nitrogens with zero attached hydrogens (tertiary/aromatic N) is 2. The van der Waals surface area contributed by atoms with Crippen molar-refractivity contribution >= 4 is 33.3 Å². The molecule has 1 fully saturated rings. The Morgan fingerprint density at radius 2 is 2.20 bits per heavy atom. The van der Waals surface area contributed by atoms with Crippen molar-refractivity contribution in [2.45, 2.75) is 12.5 Å². The highest BCUT2D eigenvalue weighted by molar-refractivity contribution is 9.10. The number of esters is 1. The maximum atomic E-state index is 12.2. The van der Waals surface area contributed by atoms with Gasteiger partial charge in [0.15, 0.2) is 22.7 Å². The first kappa shape index (κ1) is 17.7. The molecule has 0 aliphatic carbocycles. The Hall–Kier alpha value is -2.07. The van der Waals surface area contributed by atoms with Crippen LogP contribution in [0.25, 0.3) is 0 Å². The number of rotatable bonds is 4. The van der Waals surface area contributed by atoms with Crippen molar-refractivity contribution in [1.29, 1.82) is 0 Å². The maximum Gasteiger partial charge on any atom is 0.346 e. The molecule has 0 N–H and O–H groups in total. The number of carbonyl (C=O) groups excluding carboxylic acids is 1. The number of methoxy groups -OCH3 is 1. The summed E-state index contributed by atoms with van der Waals surface area (Å²) < 4.78 is 21.8. The normalized spacial score (nSPS) is 19.2. The zero-order valence-corrected chi connectivity index (χ0v) is 15.3. The molecule has 0 spiro atoms. The van der Waals surface area contributed by atoms with Gasteiger partial charge in [-0.2, -0.15) is 0 Å². The van der Waals surface area contributed by atoms with E-state index in [1.54, 1.807) is 11.9 Å². The topological polar surface area (TPSA) is 100 Å². The molecule has 1 aromatic rings. The van der Waals surface area contributed by atoms with E-state index >= 15 is 0 Å². The molecule has 1 saturated heterocycles. The Morgan fingerprint density at radius 1 is 1.44 bits per heavy atom. The number of benzene rings is 1. The Bertz CT molecular complexity index is 719. The van der Waals surface area contributed by atoms with Gasteiger partial charge < -0.3 is 23.8 Å². The van der Waals surface area contributed by atoms with Crippen LogP contribution in [-0.4, -0.2) is 57.5 Å². The van der Waals surface area contributed by atoms with Gasteiger partial charge in [-0.05, 0) is 15.9 Å². The van der Waals surface area contributed by atoms with Gasteiger partial charge in [0.25, 0.3) is 0 Å². The lowest BCUT2D eigenvalue weighted by molar-refractivity contribution is -0.384. The van der Waals surface area contributed by atoms with Gasteiger partial charge in [-0.25, -0.2) is 4.79 Å². The second-order valence-corrected chi connectivity index (χ2v) is 6.46. The fourth-order valence-electron chi connectivity index (χ4n) is 2.88. The lowest BCUT2D eigenvalue weighted by atomic mass is 10.1. The van der Waals surface area contributed by atoms with Crippen molar-refractivity contribution in [3.63, 3.8) is 0 Å². The molecule has 1 atom stereocenters. The van der Waals surface area contributed by atoms with Crippen LogP contribution in [0.5, 0.6) is 11.5 Å². The van der Waals surface area contributed by atoms with Crippen LogP contribution in [0.3, 0.4) is 0 Å². The summed E-state index contributed by atoms with van der Waals surface area (Å²) in [5.41, 5.74) is -0.364. The van der Waals surface area contributed by atoms with Crippen molar-refractivity contribution < 1.29 is 28.7 Å². The molecule has 9 nitrogen and oxygen atoms in total.